The molecule has 0 bridgehead atoms. The van der Waals surface area contributed by atoms with E-state index in [-0.39, 0.29) is 11.7 Å². The van der Waals surface area contributed by atoms with Crippen LogP contribution in [-0.4, -0.2) is 68.9 Å². The second-order valence-electron chi connectivity index (χ2n) is 9.84. The average Bonchev–Trinajstić information content (AvgIpc) is 3.49. The molecule has 2 aliphatic heterocycles. The third-order valence-electron chi connectivity index (χ3n) is 7.19. The van der Waals surface area contributed by atoms with E-state index in [1.54, 1.807) is 7.11 Å². The third kappa shape index (κ3) is 9.63. The molecule has 10 heteroatoms. The first-order valence-corrected chi connectivity index (χ1v) is 14.0. The molecule has 4 rings (SSSR count). The molecule has 220 valence electrons. The van der Waals surface area contributed by atoms with Gasteiger partial charge in [0.15, 0.2) is 0 Å². The van der Waals surface area contributed by atoms with Gasteiger partial charge in [-0.3, -0.25) is 4.79 Å². The predicted octanol–water partition coefficient (Wildman–Crippen LogP) is 6.00. The highest BCUT2D eigenvalue weighted by Crippen LogP contribution is 2.31. The zero-order valence-electron chi connectivity index (χ0n) is 23.8. The van der Waals surface area contributed by atoms with Crippen molar-refractivity contribution in [2.45, 2.75) is 32.1 Å². The number of hydrogen-bond acceptors (Lipinski definition) is 6. The molecule has 2 aromatic carbocycles. The Morgan fingerprint density at radius 2 is 1.66 bits per heavy atom. The Hall–Kier alpha value is -3.85. The number of benzene rings is 2. The van der Waals surface area contributed by atoms with E-state index in [1.165, 1.54) is 36.9 Å². The van der Waals surface area contributed by atoms with E-state index in [0.29, 0.717) is 17.6 Å². The van der Waals surface area contributed by atoms with E-state index in [4.69, 9.17) is 21.1 Å². The summed E-state index contributed by atoms with van der Waals surface area (Å²) in [4.78, 5) is 32.1. The highest BCUT2D eigenvalue weighted by atomic mass is 35.5. The van der Waals surface area contributed by atoms with Crippen LogP contribution in [-0.2, 0) is 9.53 Å². The number of aliphatic imine (C=N–C) groups is 1. The second kappa shape index (κ2) is 15.8. The maximum atomic E-state index is 13.0. The fraction of sp³-hybridized carbons (Fsp3) is 0.387. The summed E-state index contributed by atoms with van der Waals surface area (Å²) in [5, 5.41) is 3.02. The molecule has 0 saturated carbocycles. The largest absolute Gasteiger partial charge is 0.501 e. The Balaban J connectivity index is 0.000000322. The van der Waals surface area contributed by atoms with Gasteiger partial charge in [0, 0.05) is 50.1 Å². The molecule has 2 aromatic rings. The van der Waals surface area contributed by atoms with Crippen LogP contribution < -0.4 is 10.1 Å². The minimum atomic E-state index is -0.568. The Labute approximate surface area is 246 Å². The molecule has 1 N–H and O–H groups in total. The molecule has 2 saturated heterocycles. The molecule has 1 unspecified atom stereocenters. The monoisotopic (exact) mass is 584 g/mol. The number of hydrogen-bond donors (Lipinski definition) is 1. The fourth-order valence-electron chi connectivity index (χ4n) is 4.76. The summed E-state index contributed by atoms with van der Waals surface area (Å²) in [6.07, 6.45) is 5.96. The van der Waals surface area contributed by atoms with E-state index < -0.39 is 6.09 Å². The van der Waals surface area contributed by atoms with Gasteiger partial charge in [-0.15, -0.1) is 0 Å². The van der Waals surface area contributed by atoms with Crippen LogP contribution in [0.15, 0.2) is 77.3 Å². The Morgan fingerprint density at radius 1 is 1.02 bits per heavy atom. The van der Waals surface area contributed by atoms with Crippen molar-refractivity contribution in [2.24, 2.45) is 10.9 Å². The van der Waals surface area contributed by atoms with Crippen molar-refractivity contribution in [2.75, 3.05) is 40.3 Å². The highest BCUT2D eigenvalue weighted by Gasteiger charge is 2.33. The first kappa shape index (κ1) is 31.7. The molecule has 2 aliphatic rings. The lowest BCUT2D eigenvalue weighted by Gasteiger charge is -2.34. The highest BCUT2D eigenvalue weighted by molar-refractivity contribution is 6.30. The summed E-state index contributed by atoms with van der Waals surface area (Å²) in [6, 6.07) is 13.2. The number of halogens is 2. The minimum Gasteiger partial charge on any atom is -0.501 e. The van der Waals surface area contributed by atoms with E-state index in [1.807, 2.05) is 36.1 Å². The molecule has 2 amide bonds. The number of rotatable bonds is 7. The van der Waals surface area contributed by atoms with Gasteiger partial charge >= 0.3 is 6.09 Å². The third-order valence-corrected chi connectivity index (χ3v) is 7.44. The number of methoxy groups -OCH3 is 1. The van der Waals surface area contributed by atoms with Gasteiger partial charge in [0.25, 0.3) is 0 Å². The number of allylic oxidation sites excluding steroid dienone is 3. The standard InChI is InChI=1S/C23H30ClN3O2.C8H8FNO2/c1-17(29-3)4-9-22(25-2)26-13-10-19(11-14-26)23(28)27-15-12-20(16-27)18-5-7-21(24)8-6-18;1-10-8(11)12-7-4-2-6(9)3-5-7/h4-9,19-20H,2,10-16H2,1,3H3;2-5H,1H3,(H,10,11)/b17-4+,22-9+;. The van der Waals surface area contributed by atoms with Crippen molar-refractivity contribution in [1.82, 2.24) is 15.1 Å². The number of nitrogens with zero attached hydrogens (tertiary/aromatic N) is 3. The second-order valence-corrected chi connectivity index (χ2v) is 10.3. The van der Waals surface area contributed by atoms with Crippen LogP contribution in [0.5, 0.6) is 5.75 Å². The van der Waals surface area contributed by atoms with Gasteiger partial charge in [-0.1, -0.05) is 23.7 Å². The lowest BCUT2D eigenvalue weighted by Crippen LogP contribution is -2.41. The fourth-order valence-corrected chi connectivity index (χ4v) is 4.89. The summed E-state index contributed by atoms with van der Waals surface area (Å²) >= 11 is 5.99. The predicted molar refractivity (Wildman–Crippen MR) is 160 cm³/mol. The molecule has 8 nitrogen and oxygen atoms in total. The van der Waals surface area contributed by atoms with Crippen molar-refractivity contribution in [1.29, 1.82) is 0 Å². The van der Waals surface area contributed by atoms with Crippen molar-refractivity contribution >= 4 is 30.3 Å². The van der Waals surface area contributed by atoms with Gasteiger partial charge in [-0.2, -0.15) is 0 Å². The maximum Gasteiger partial charge on any atom is 0.412 e. The van der Waals surface area contributed by atoms with Gasteiger partial charge < -0.3 is 24.6 Å². The molecule has 0 spiro atoms. The molecule has 0 aliphatic carbocycles. The van der Waals surface area contributed by atoms with Crippen molar-refractivity contribution < 1.29 is 23.5 Å². The molecular weight excluding hydrogens is 547 g/mol. The first-order valence-electron chi connectivity index (χ1n) is 13.6. The summed E-state index contributed by atoms with van der Waals surface area (Å²) in [6.45, 7) is 8.86. The molecular formula is C31H38ClFN4O4. The van der Waals surface area contributed by atoms with E-state index in [9.17, 15) is 14.0 Å². The van der Waals surface area contributed by atoms with Crippen LogP contribution in [0.25, 0.3) is 0 Å². The first-order chi connectivity index (χ1) is 19.7. The van der Waals surface area contributed by atoms with Crippen LogP contribution in [0.3, 0.4) is 0 Å². The number of likely N-dealkylation sites (tertiary alicyclic amines) is 2. The van der Waals surface area contributed by atoms with E-state index >= 15 is 0 Å². The van der Waals surface area contributed by atoms with E-state index in [2.05, 4.69) is 34.1 Å². The van der Waals surface area contributed by atoms with Crippen LogP contribution in [0, 0.1) is 11.7 Å². The number of carbonyl (C=O) groups excluding carboxylic acids is 2. The number of ether oxygens (including phenoxy) is 2. The van der Waals surface area contributed by atoms with Crippen LogP contribution >= 0.6 is 11.6 Å². The number of carbonyl (C=O) groups is 2. The summed E-state index contributed by atoms with van der Waals surface area (Å²) < 4.78 is 22.2. The van der Waals surface area contributed by atoms with Gasteiger partial charge in [-0.05, 0) is 87.0 Å². The molecule has 2 fully saturated rings. The summed E-state index contributed by atoms with van der Waals surface area (Å²) in [7, 11) is 3.10. The van der Waals surface area contributed by atoms with Gasteiger partial charge in [0.1, 0.15) is 17.4 Å². The van der Waals surface area contributed by atoms with Gasteiger partial charge in [-0.25, -0.2) is 14.2 Å². The SMILES string of the molecule is C=N/C(=C\C=C(/C)OC)N1CCC(C(=O)N2CCC(c3ccc(Cl)cc3)C2)CC1.CNC(=O)Oc1ccc(F)cc1. The molecule has 2 heterocycles. The number of amides is 2. The lowest BCUT2D eigenvalue weighted by atomic mass is 9.95. The molecule has 0 radical (unpaired) electrons. The minimum absolute atomic E-state index is 0.0949. The Morgan fingerprint density at radius 3 is 2.24 bits per heavy atom. The Kier molecular flexibility index (Phi) is 12.2. The molecule has 1 atom stereocenters. The average molecular weight is 585 g/mol. The zero-order chi connectivity index (χ0) is 29.8. The number of piperidine rings is 1. The van der Waals surface area contributed by atoms with Crippen LogP contribution in [0.2, 0.25) is 5.02 Å². The van der Waals surface area contributed by atoms with Gasteiger partial charge in [0.2, 0.25) is 5.91 Å². The van der Waals surface area contributed by atoms with Crippen molar-refractivity contribution in [3.05, 3.63) is 88.7 Å². The van der Waals surface area contributed by atoms with Crippen molar-refractivity contribution in [3.63, 3.8) is 0 Å². The van der Waals surface area contributed by atoms with Crippen LogP contribution in [0.4, 0.5) is 9.18 Å². The lowest BCUT2D eigenvalue weighted by molar-refractivity contribution is -0.135. The molecule has 41 heavy (non-hydrogen) atoms. The number of nitrogens with one attached hydrogen (secondary N) is 1. The quantitative estimate of drug-likeness (QED) is 0.245. The zero-order valence-corrected chi connectivity index (χ0v) is 24.6. The molecule has 0 aromatic heterocycles. The van der Waals surface area contributed by atoms with Gasteiger partial charge in [0.05, 0.1) is 12.9 Å². The summed E-state index contributed by atoms with van der Waals surface area (Å²) in [5.41, 5.74) is 1.27. The van der Waals surface area contributed by atoms with Crippen molar-refractivity contribution in [3.8, 4) is 5.75 Å². The summed E-state index contributed by atoms with van der Waals surface area (Å²) in [5.74, 6) is 2.41. The van der Waals surface area contributed by atoms with E-state index in [0.717, 1.165) is 62.0 Å². The maximum absolute atomic E-state index is 13.0. The normalized spacial score (nSPS) is 17.8. The topological polar surface area (TPSA) is 83.5 Å². The smallest absolute Gasteiger partial charge is 0.412 e. The Bertz CT molecular complexity index is 1230. The van der Waals surface area contributed by atoms with Crippen LogP contribution in [0.1, 0.15) is 37.7 Å².